The summed E-state index contributed by atoms with van der Waals surface area (Å²) in [5.74, 6) is 0.0335. The maximum atomic E-state index is 13.0. The van der Waals surface area contributed by atoms with Crippen molar-refractivity contribution in [1.29, 1.82) is 0 Å². The van der Waals surface area contributed by atoms with E-state index in [1.165, 1.54) is 0 Å². The van der Waals surface area contributed by atoms with Gasteiger partial charge in [-0.2, -0.15) is 0 Å². The monoisotopic (exact) mass is 342 g/mol. The van der Waals surface area contributed by atoms with Crippen molar-refractivity contribution >= 4 is 11.9 Å². The summed E-state index contributed by atoms with van der Waals surface area (Å²) in [5, 5.41) is 2.97. The van der Waals surface area contributed by atoms with Gasteiger partial charge in [-0.25, -0.2) is 4.79 Å². The van der Waals surface area contributed by atoms with Crippen LogP contribution in [0.5, 0.6) is 0 Å². The fraction of sp³-hybridized carbons (Fsp3) is 0.474. The van der Waals surface area contributed by atoms with Gasteiger partial charge in [0.15, 0.2) is 0 Å². The van der Waals surface area contributed by atoms with Crippen molar-refractivity contribution in [1.82, 2.24) is 20.0 Å². The highest BCUT2D eigenvalue weighted by atomic mass is 16.2. The lowest BCUT2D eigenvalue weighted by Crippen LogP contribution is -2.45. The highest BCUT2D eigenvalue weighted by molar-refractivity contribution is 6.01. The van der Waals surface area contributed by atoms with Crippen LogP contribution in [0.2, 0.25) is 0 Å². The predicted molar refractivity (Wildman–Crippen MR) is 97.0 cm³/mol. The van der Waals surface area contributed by atoms with Crippen LogP contribution < -0.4 is 5.32 Å². The number of likely N-dealkylation sites (N-methyl/N-ethyl adjacent to an activating group) is 1. The second-order valence-electron chi connectivity index (χ2n) is 7.10. The van der Waals surface area contributed by atoms with E-state index in [4.69, 9.17) is 0 Å². The molecule has 0 radical (unpaired) electrons. The molecule has 2 aliphatic rings. The van der Waals surface area contributed by atoms with E-state index in [9.17, 15) is 9.59 Å². The van der Waals surface area contributed by atoms with Crippen LogP contribution in [0.3, 0.4) is 0 Å². The number of nitrogens with one attached hydrogen (secondary N) is 1. The van der Waals surface area contributed by atoms with Crippen LogP contribution in [-0.2, 0) is 4.79 Å². The molecule has 1 aromatic carbocycles. The van der Waals surface area contributed by atoms with E-state index in [0.29, 0.717) is 18.7 Å². The SMILES string of the molecule is Cc1ccc([C@@H]2NC(=O)N(C)C3=C2C(=O)N(CCCN(C)C)C3)cc1. The molecule has 2 aliphatic heterocycles. The van der Waals surface area contributed by atoms with Crippen molar-refractivity contribution in [2.75, 3.05) is 40.8 Å². The number of carbonyl (C=O) groups is 2. The second kappa shape index (κ2) is 6.88. The molecular weight excluding hydrogens is 316 g/mol. The summed E-state index contributed by atoms with van der Waals surface area (Å²) in [6.07, 6.45) is 0.916. The van der Waals surface area contributed by atoms with Gasteiger partial charge >= 0.3 is 6.03 Å². The van der Waals surface area contributed by atoms with E-state index >= 15 is 0 Å². The molecule has 0 fully saturated rings. The Hall–Kier alpha value is -2.34. The van der Waals surface area contributed by atoms with Crippen LogP contribution in [0.1, 0.15) is 23.6 Å². The van der Waals surface area contributed by atoms with E-state index in [0.717, 1.165) is 29.8 Å². The first kappa shape index (κ1) is 17.5. The average molecular weight is 342 g/mol. The van der Waals surface area contributed by atoms with E-state index in [-0.39, 0.29) is 18.0 Å². The van der Waals surface area contributed by atoms with Gasteiger partial charge in [0, 0.05) is 13.6 Å². The Morgan fingerprint density at radius 3 is 2.52 bits per heavy atom. The summed E-state index contributed by atoms with van der Waals surface area (Å²) in [6.45, 7) is 4.16. The number of urea groups is 1. The molecule has 0 saturated carbocycles. The molecule has 1 aromatic rings. The summed E-state index contributed by atoms with van der Waals surface area (Å²) in [6, 6.07) is 7.46. The molecule has 3 amide bonds. The third-order valence-electron chi connectivity index (χ3n) is 4.88. The van der Waals surface area contributed by atoms with Crippen molar-refractivity contribution in [2.45, 2.75) is 19.4 Å². The Morgan fingerprint density at radius 2 is 1.88 bits per heavy atom. The van der Waals surface area contributed by atoms with Gasteiger partial charge in [0.1, 0.15) is 0 Å². The standard InChI is InChI=1S/C19H26N4O2/c1-13-6-8-14(9-7-13)17-16-15(22(4)19(25)20-17)12-23(18(16)24)11-5-10-21(2)3/h6-9,17H,5,10-12H2,1-4H3,(H,20,25)/t17-/m0/s1. The third kappa shape index (κ3) is 3.39. The zero-order valence-electron chi connectivity index (χ0n) is 15.4. The highest BCUT2D eigenvalue weighted by Crippen LogP contribution is 2.35. The minimum absolute atomic E-state index is 0.0335. The zero-order valence-corrected chi connectivity index (χ0v) is 15.4. The molecule has 134 valence electrons. The zero-order chi connectivity index (χ0) is 18.1. The molecule has 0 saturated heterocycles. The number of aryl methyl sites for hydroxylation is 1. The molecule has 0 aliphatic carbocycles. The minimum atomic E-state index is -0.370. The van der Waals surface area contributed by atoms with Gasteiger partial charge in [-0.05, 0) is 39.5 Å². The normalized spacial score (nSPS) is 20.4. The molecule has 0 bridgehead atoms. The highest BCUT2D eigenvalue weighted by Gasteiger charge is 2.42. The molecule has 1 atom stereocenters. The topological polar surface area (TPSA) is 55.9 Å². The average Bonchev–Trinajstić information content (AvgIpc) is 2.89. The lowest BCUT2D eigenvalue weighted by molar-refractivity contribution is -0.125. The number of rotatable bonds is 5. The number of nitrogens with zero attached hydrogens (tertiary/aromatic N) is 3. The molecule has 3 rings (SSSR count). The fourth-order valence-electron chi connectivity index (χ4n) is 3.39. The molecule has 6 nitrogen and oxygen atoms in total. The van der Waals surface area contributed by atoms with Crippen LogP contribution in [0.25, 0.3) is 0 Å². The van der Waals surface area contributed by atoms with Gasteiger partial charge < -0.3 is 15.1 Å². The van der Waals surface area contributed by atoms with Crippen molar-refractivity contribution in [3.8, 4) is 0 Å². The molecule has 0 unspecified atom stereocenters. The Kier molecular flexibility index (Phi) is 4.81. The fourth-order valence-corrected chi connectivity index (χ4v) is 3.39. The lowest BCUT2D eigenvalue weighted by Gasteiger charge is -2.31. The van der Waals surface area contributed by atoms with Gasteiger partial charge in [-0.1, -0.05) is 29.8 Å². The van der Waals surface area contributed by atoms with Gasteiger partial charge in [0.2, 0.25) is 0 Å². The van der Waals surface area contributed by atoms with E-state index in [2.05, 4.69) is 10.2 Å². The molecule has 1 N–H and O–H groups in total. The van der Waals surface area contributed by atoms with Gasteiger partial charge in [0.05, 0.1) is 23.9 Å². The van der Waals surface area contributed by atoms with E-state index in [1.807, 2.05) is 50.2 Å². The van der Waals surface area contributed by atoms with Gasteiger partial charge in [-0.15, -0.1) is 0 Å². The Morgan fingerprint density at radius 1 is 1.20 bits per heavy atom. The van der Waals surface area contributed by atoms with Crippen molar-refractivity contribution in [2.24, 2.45) is 0 Å². The summed E-state index contributed by atoms with van der Waals surface area (Å²) in [4.78, 5) is 30.9. The summed E-state index contributed by atoms with van der Waals surface area (Å²) >= 11 is 0. The molecule has 6 heteroatoms. The minimum Gasteiger partial charge on any atom is -0.333 e. The Labute approximate surface area is 149 Å². The lowest BCUT2D eigenvalue weighted by atomic mass is 9.95. The van der Waals surface area contributed by atoms with Crippen LogP contribution >= 0.6 is 0 Å². The van der Waals surface area contributed by atoms with Crippen LogP contribution in [0.15, 0.2) is 35.5 Å². The number of hydrogen-bond donors (Lipinski definition) is 1. The number of carbonyl (C=O) groups excluding carboxylic acids is 2. The maximum absolute atomic E-state index is 13.0. The van der Waals surface area contributed by atoms with Crippen molar-refractivity contribution in [3.63, 3.8) is 0 Å². The number of benzene rings is 1. The smallest absolute Gasteiger partial charge is 0.322 e. The Balaban J connectivity index is 1.85. The molecule has 2 heterocycles. The first-order valence-electron chi connectivity index (χ1n) is 8.66. The third-order valence-corrected chi connectivity index (χ3v) is 4.88. The second-order valence-corrected chi connectivity index (χ2v) is 7.10. The van der Waals surface area contributed by atoms with E-state index in [1.54, 1.807) is 11.9 Å². The van der Waals surface area contributed by atoms with Crippen molar-refractivity contribution in [3.05, 3.63) is 46.7 Å². The molecule has 0 aromatic heterocycles. The van der Waals surface area contributed by atoms with E-state index < -0.39 is 0 Å². The van der Waals surface area contributed by atoms with Gasteiger partial charge in [-0.3, -0.25) is 9.69 Å². The van der Waals surface area contributed by atoms with Crippen molar-refractivity contribution < 1.29 is 9.59 Å². The van der Waals surface area contributed by atoms with Crippen LogP contribution in [0.4, 0.5) is 4.79 Å². The maximum Gasteiger partial charge on any atom is 0.322 e. The summed E-state index contributed by atoms with van der Waals surface area (Å²) in [5.41, 5.74) is 3.63. The number of amides is 3. The quantitative estimate of drug-likeness (QED) is 0.887. The summed E-state index contributed by atoms with van der Waals surface area (Å²) in [7, 11) is 5.78. The first-order valence-corrected chi connectivity index (χ1v) is 8.66. The molecule has 0 spiro atoms. The molecular formula is C19H26N4O2. The van der Waals surface area contributed by atoms with Crippen LogP contribution in [-0.4, -0.2) is 67.4 Å². The predicted octanol–water partition coefficient (Wildman–Crippen LogP) is 1.74. The number of hydrogen-bond acceptors (Lipinski definition) is 3. The van der Waals surface area contributed by atoms with Crippen LogP contribution in [0, 0.1) is 6.92 Å². The molecule has 25 heavy (non-hydrogen) atoms. The Bertz CT molecular complexity index is 709. The van der Waals surface area contributed by atoms with Gasteiger partial charge in [0.25, 0.3) is 5.91 Å². The first-order chi connectivity index (χ1) is 11.9. The largest absolute Gasteiger partial charge is 0.333 e. The summed E-state index contributed by atoms with van der Waals surface area (Å²) < 4.78 is 0.